The van der Waals surface area contributed by atoms with Crippen LogP contribution in [0.1, 0.15) is 6.92 Å². The fourth-order valence-corrected chi connectivity index (χ4v) is 1.71. The number of hydrogen-bond acceptors (Lipinski definition) is 3. The number of benzene rings is 1. The molecule has 0 unspecified atom stereocenters. The lowest BCUT2D eigenvalue weighted by Crippen LogP contribution is -1.99. The molecule has 1 heterocycles. The van der Waals surface area contributed by atoms with E-state index in [0.717, 1.165) is 28.8 Å². The molecule has 0 bridgehead atoms. The second kappa shape index (κ2) is 5.55. The molecule has 0 aliphatic heterocycles. The normalized spacial score (nSPS) is 10.0. The van der Waals surface area contributed by atoms with Gasteiger partial charge in [-0.25, -0.2) is 4.98 Å². The highest BCUT2D eigenvalue weighted by atomic mass is 35.5. The highest BCUT2D eigenvalue weighted by Gasteiger charge is 1.97. The molecule has 0 aliphatic rings. The third-order valence-corrected chi connectivity index (χ3v) is 2.47. The zero-order valence-electron chi connectivity index (χ0n) is 9.57. The molecule has 0 aliphatic carbocycles. The molecule has 0 saturated carbocycles. The first-order chi connectivity index (χ1) is 8.28. The topological polar surface area (TPSA) is 37.0 Å². The largest absolute Gasteiger partial charge is 0.370 e. The molecule has 0 atom stereocenters. The fraction of sp³-hybridized carbons (Fsp3) is 0.154. The molecule has 0 saturated heterocycles. The monoisotopic (exact) mass is 247 g/mol. The average molecular weight is 248 g/mol. The molecule has 1 aromatic carbocycles. The summed E-state index contributed by atoms with van der Waals surface area (Å²) < 4.78 is 0. The van der Waals surface area contributed by atoms with E-state index >= 15 is 0 Å². The van der Waals surface area contributed by atoms with Crippen LogP contribution in [0.2, 0.25) is 5.02 Å². The van der Waals surface area contributed by atoms with Crippen LogP contribution in [0.4, 0.5) is 17.2 Å². The zero-order valence-corrected chi connectivity index (χ0v) is 10.3. The fourth-order valence-electron chi connectivity index (χ4n) is 1.52. The van der Waals surface area contributed by atoms with Crippen LogP contribution in [0.5, 0.6) is 0 Å². The maximum atomic E-state index is 5.93. The van der Waals surface area contributed by atoms with Gasteiger partial charge in [0, 0.05) is 35.2 Å². The van der Waals surface area contributed by atoms with Crippen LogP contribution in [0.15, 0.2) is 42.6 Å². The van der Waals surface area contributed by atoms with Crippen molar-refractivity contribution in [2.75, 3.05) is 17.2 Å². The standard InChI is InChI=1S/C13H14ClN3/c1-2-15-13-9-12(6-7-16-13)17-11-5-3-4-10(14)8-11/h3-9H,2H2,1H3,(H2,15,16,17). The van der Waals surface area contributed by atoms with Crippen molar-refractivity contribution in [1.29, 1.82) is 0 Å². The van der Waals surface area contributed by atoms with Crippen LogP contribution in [0.25, 0.3) is 0 Å². The van der Waals surface area contributed by atoms with Crippen molar-refractivity contribution in [2.45, 2.75) is 6.92 Å². The van der Waals surface area contributed by atoms with Gasteiger partial charge in [-0.05, 0) is 31.2 Å². The zero-order chi connectivity index (χ0) is 12.1. The molecule has 4 heteroatoms. The number of halogens is 1. The van der Waals surface area contributed by atoms with Gasteiger partial charge in [0.05, 0.1) is 0 Å². The molecular formula is C13H14ClN3. The van der Waals surface area contributed by atoms with E-state index in [9.17, 15) is 0 Å². The lowest BCUT2D eigenvalue weighted by atomic mass is 10.3. The van der Waals surface area contributed by atoms with Crippen molar-refractivity contribution in [3.05, 3.63) is 47.6 Å². The maximum absolute atomic E-state index is 5.93. The molecule has 88 valence electrons. The Balaban J connectivity index is 2.15. The van der Waals surface area contributed by atoms with Gasteiger partial charge in [-0.2, -0.15) is 0 Å². The van der Waals surface area contributed by atoms with Gasteiger partial charge in [-0.3, -0.25) is 0 Å². The summed E-state index contributed by atoms with van der Waals surface area (Å²) >= 11 is 5.93. The Labute approximate surface area is 106 Å². The van der Waals surface area contributed by atoms with Gasteiger partial charge in [-0.15, -0.1) is 0 Å². The van der Waals surface area contributed by atoms with E-state index in [4.69, 9.17) is 11.6 Å². The van der Waals surface area contributed by atoms with E-state index in [-0.39, 0.29) is 0 Å². The molecule has 0 spiro atoms. The molecule has 3 nitrogen and oxygen atoms in total. The number of rotatable bonds is 4. The second-order valence-electron chi connectivity index (χ2n) is 3.60. The summed E-state index contributed by atoms with van der Waals surface area (Å²) in [6.07, 6.45) is 1.77. The van der Waals surface area contributed by atoms with Crippen LogP contribution < -0.4 is 10.6 Å². The van der Waals surface area contributed by atoms with Crippen molar-refractivity contribution in [3.63, 3.8) is 0 Å². The van der Waals surface area contributed by atoms with Crippen molar-refractivity contribution in [1.82, 2.24) is 4.98 Å². The summed E-state index contributed by atoms with van der Waals surface area (Å²) in [5.41, 5.74) is 1.95. The van der Waals surface area contributed by atoms with Crippen LogP contribution >= 0.6 is 11.6 Å². The van der Waals surface area contributed by atoms with Gasteiger partial charge in [0.15, 0.2) is 0 Å². The van der Waals surface area contributed by atoms with E-state index in [1.807, 2.05) is 43.3 Å². The van der Waals surface area contributed by atoms with E-state index in [2.05, 4.69) is 15.6 Å². The Bertz CT molecular complexity index is 500. The molecule has 2 rings (SSSR count). The predicted molar refractivity (Wildman–Crippen MR) is 73.1 cm³/mol. The molecular weight excluding hydrogens is 234 g/mol. The smallest absolute Gasteiger partial charge is 0.127 e. The molecule has 1 aromatic heterocycles. The Hall–Kier alpha value is -1.74. The van der Waals surface area contributed by atoms with E-state index in [0.29, 0.717) is 0 Å². The lowest BCUT2D eigenvalue weighted by molar-refractivity contribution is 1.16. The first-order valence-electron chi connectivity index (χ1n) is 5.50. The Kier molecular flexibility index (Phi) is 3.83. The van der Waals surface area contributed by atoms with Gasteiger partial charge >= 0.3 is 0 Å². The third kappa shape index (κ3) is 3.36. The second-order valence-corrected chi connectivity index (χ2v) is 4.03. The van der Waals surface area contributed by atoms with Crippen molar-refractivity contribution in [3.8, 4) is 0 Å². The summed E-state index contributed by atoms with van der Waals surface area (Å²) in [5, 5.41) is 7.17. The minimum absolute atomic E-state index is 0.718. The Morgan fingerprint density at radius 2 is 2.00 bits per heavy atom. The highest BCUT2D eigenvalue weighted by Crippen LogP contribution is 2.21. The number of nitrogens with one attached hydrogen (secondary N) is 2. The molecule has 17 heavy (non-hydrogen) atoms. The van der Waals surface area contributed by atoms with Crippen LogP contribution in [-0.2, 0) is 0 Å². The van der Waals surface area contributed by atoms with Crippen LogP contribution in [0.3, 0.4) is 0 Å². The first kappa shape index (κ1) is 11.7. The van der Waals surface area contributed by atoms with Crippen LogP contribution in [-0.4, -0.2) is 11.5 Å². The summed E-state index contributed by atoms with van der Waals surface area (Å²) in [7, 11) is 0. The molecule has 2 N–H and O–H groups in total. The lowest BCUT2D eigenvalue weighted by Gasteiger charge is -2.08. The molecule has 0 fully saturated rings. The number of anilines is 3. The van der Waals surface area contributed by atoms with Gasteiger partial charge in [0.1, 0.15) is 5.82 Å². The third-order valence-electron chi connectivity index (χ3n) is 2.23. The first-order valence-corrected chi connectivity index (χ1v) is 5.88. The molecule has 0 radical (unpaired) electrons. The average Bonchev–Trinajstić information content (AvgIpc) is 2.30. The molecule has 2 aromatic rings. The van der Waals surface area contributed by atoms with E-state index in [1.54, 1.807) is 6.20 Å². The van der Waals surface area contributed by atoms with Crippen molar-refractivity contribution in [2.24, 2.45) is 0 Å². The molecule has 0 amide bonds. The Morgan fingerprint density at radius 1 is 1.18 bits per heavy atom. The minimum Gasteiger partial charge on any atom is -0.370 e. The number of hydrogen-bond donors (Lipinski definition) is 2. The van der Waals surface area contributed by atoms with E-state index < -0.39 is 0 Å². The summed E-state index contributed by atoms with van der Waals surface area (Å²) in [6, 6.07) is 11.5. The SMILES string of the molecule is CCNc1cc(Nc2cccc(Cl)c2)ccn1. The van der Waals surface area contributed by atoms with Gasteiger partial charge in [0.25, 0.3) is 0 Å². The highest BCUT2D eigenvalue weighted by molar-refractivity contribution is 6.30. The number of nitrogens with zero attached hydrogens (tertiary/aromatic N) is 1. The van der Waals surface area contributed by atoms with Gasteiger partial charge in [-0.1, -0.05) is 17.7 Å². The maximum Gasteiger partial charge on any atom is 0.127 e. The van der Waals surface area contributed by atoms with Crippen molar-refractivity contribution < 1.29 is 0 Å². The number of pyridine rings is 1. The van der Waals surface area contributed by atoms with Crippen LogP contribution in [0, 0.1) is 0 Å². The van der Waals surface area contributed by atoms with E-state index in [1.165, 1.54) is 0 Å². The summed E-state index contributed by atoms with van der Waals surface area (Å²) in [6.45, 7) is 2.90. The summed E-state index contributed by atoms with van der Waals surface area (Å²) in [4.78, 5) is 4.21. The van der Waals surface area contributed by atoms with Gasteiger partial charge < -0.3 is 10.6 Å². The Morgan fingerprint density at radius 3 is 2.76 bits per heavy atom. The predicted octanol–water partition coefficient (Wildman–Crippen LogP) is 3.91. The quantitative estimate of drug-likeness (QED) is 0.860. The van der Waals surface area contributed by atoms with Gasteiger partial charge in [0.2, 0.25) is 0 Å². The van der Waals surface area contributed by atoms with Crippen molar-refractivity contribution >= 4 is 28.8 Å². The summed E-state index contributed by atoms with van der Waals surface area (Å²) in [5.74, 6) is 0.861. The minimum atomic E-state index is 0.718. The number of aromatic nitrogens is 1.